The molecule has 1 aliphatic rings. The molecule has 0 bridgehead atoms. The zero-order valence-corrected chi connectivity index (χ0v) is 10.7. The first-order valence-corrected chi connectivity index (χ1v) is 7.13. The number of likely N-dealkylation sites (N-methyl/N-ethyl adjacent to an activating group) is 1. The van der Waals surface area contributed by atoms with E-state index in [2.05, 4.69) is 9.88 Å². The highest BCUT2D eigenvalue weighted by Crippen LogP contribution is 2.15. The Morgan fingerprint density at radius 1 is 1.24 bits per heavy atom. The highest BCUT2D eigenvalue weighted by atomic mass is 32.2. The molecule has 0 aromatic carbocycles. The van der Waals surface area contributed by atoms with E-state index in [4.69, 9.17) is 0 Å². The minimum Gasteiger partial charge on any atom is -0.305 e. The molecule has 0 radical (unpaired) electrons. The van der Waals surface area contributed by atoms with Crippen molar-refractivity contribution >= 4 is 10.0 Å². The summed E-state index contributed by atoms with van der Waals surface area (Å²) in [7, 11) is -1.35. The minimum absolute atomic E-state index is 0.282. The number of nitrogens with zero attached hydrogens (tertiary/aromatic N) is 3. The van der Waals surface area contributed by atoms with Crippen molar-refractivity contribution in [1.82, 2.24) is 14.2 Å². The molecule has 0 N–H and O–H groups in total. The van der Waals surface area contributed by atoms with Gasteiger partial charge in [0.15, 0.2) is 0 Å². The lowest BCUT2D eigenvalue weighted by atomic mass is 10.4. The van der Waals surface area contributed by atoms with E-state index < -0.39 is 10.0 Å². The Labute approximate surface area is 102 Å². The fourth-order valence-electron chi connectivity index (χ4n) is 1.91. The third kappa shape index (κ3) is 2.83. The van der Waals surface area contributed by atoms with Crippen LogP contribution in [0.1, 0.15) is 6.42 Å². The van der Waals surface area contributed by atoms with Crippen molar-refractivity contribution in [1.29, 1.82) is 0 Å². The van der Waals surface area contributed by atoms with Crippen molar-refractivity contribution in [3.05, 3.63) is 24.5 Å². The van der Waals surface area contributed by atoms with Crippen LogP contribution in [0.3, 0.4) is 0 Å². The van der Waals surface area contributed by atoms with Gasteiger partial charge in [-0.05, 0) is 32.1 Å². The Morgan fingerprint density at radius 2 is 2.06 bits per heavy atom. The summed E-state index contributed by atoms with van der Waals surface area (Å²) in [6.45, 7) is 2.86. The number of rotatable bonds is 2. The Bertz CT molecular complexity index is 461. The lowest BCUT2D eigenvalue weighted by molar-refractivity contribution is 0.347. The van der Waals surface area contributed by atoms with Crippen molar-refractivity contribution in [3.63, 3.8) is 0 Å². The Kier molecular flexibility index (Phi) is 3.76. The normalized spacial score (nSPS) is 20.1. The molecule has 17 heavy (non-hydrogen) atoms. The van der Waals surface area contributed by atoms with Gasteiger partial charge in [-0.2, -0.15) is 4.31 Å². The second-order valence-corrected chi connectivity index (χ2v) is 6.19. The van der Waals surface area contributed by atoms with Crippen LogP contribution in [0.15, 0.2) is 29.4 Å². The topological polar surface area (TPSA) is 53.5 Å². The molecule has 2 heterocycles. The first kappa shape index (κ1) is 12.5. The molecule has 6 heteroatoms. The molecule has 1 saturated heterocycles. The molecule has 94 valence electrons. The average Bonchev–Trinajstić information content (AvgIpc) is 2.55. The molecule has 0 atom stereocenters. The Balaban J connectivity index is 2.21. The van der Waals surface area contributed by atoms with Gasteiger partial charge in [-0.3, -0.25) is 4.98 Å². The van der Waals surface area contributed by atoms with E-state index in [1.807, 2.05) is 7.05 Å². The van der Waals surface area contributed by atoms with Gasteiger partial charge in [-0.15, -0.1) is 0 Å². The summed E-state index contributed by atoms with van der Waals surface area (Å²) in [5.74, 6) is 0. The minimum atomic E-state index is -3.36. The lowest BCUT2D eigenvalue weighted by Gasteiger charge is -2.19. The van der Waals surface area contributed by atoms with E-state index in [1.54, 1.807) is 22.6 Å². The van der Waals surface area contributed by atoms with Gasteiger partial charge in [0.25, 0.3) is 0 Å². The van der Waals surface area contributed by atoms with Crippen LogP contribution in [0.2, 0.25) is 0 Å². The molecule has 1 aliphatic heterocycles. The smallest absolute Gasteiger partial charge is 0.244 e. The van der Waals surface area contributed by atoms with Gasteiger partial charge in [0.1, 0.15) is 4.90 Å². The summed E-state index contributed by atoms with van der Waals surface area (Å²) in [6.07, 6.45) is 3.86. The maximum absolute atomic E-state index is 12.3. The van der Waals surface area contributed by atoms with Crippen LogP contribution in [0.4, 0.5) is 0 Å². The van der Waals surface area contributed by atoms with Gasteiger partial charge in [0.2, 0.25) is 10.0 Å². The van der Waals surface area contributed by atoms with Gasteiger partial charge >= 0.3 is 0 Å². The second-order valence-electron chi connectivity index (χ2n) is 4.25. The third-order valence-electron chi connectivity index (χ3n) is 2.95. The predicted molar refractivity (Wildman–Crippen MR) is 65.1 cm³/mol. The Hall–Kier alpha value is -0.980. The standard InChI is InChI=1S/C11H17N3O2S/c1-13-6-3-7-14(9-8-13)17(15,16)11-4-2-5-12-10-11/h2,4-5,10H,3,6-9H2,1H3. The molecule has 1 aromatic heterocycles. The summed E-state index contributed by atoms with van der Waals surface area (Å²) >= 11 is 0. The summed E-state index contributed by atoms with van der Waals surface area (Å²) in [4.78, 5) is 6.30. The third-order valence-corrected chi connectivity index (χ3v) is 4.83. The molecular formula is C11H17N3O2S. The molecular weight excluding hydrogens is 238 g/mol. The van der Waals surface area contributed by atoms with E-state index in [-0.39, 0.29) is 4.90 Å². The number of pyridine rings is 1. The fraction of sp³-hybridized carbons (Fsp3) is 0.545. The number of aromatic nitrogens is 1. The number of sulfonamides is 1. The summed E-state index contributed by atoms with van der Waals surface area (Å²) in [5.41, 5.74) is 0. The molecule has 0 aliphatic carbocycles. The van der Waals surface area contributed by atoms with Crippen LogP contribution in [0.25, 0.3) is 0 Å². The first-order chi connectivity index (χ1) is 8.10. The van der Waals surface area contributed by atoms with E-state index in [0.29, 0.717) is 13.1 Å². The van der Waals surface area contributed by atoms with Crippen molar-refractivity contribution in [2.24, 2.45) is 0 Å². The highest BCUT2D eigenvalue weighted by Gasteiger charge is 2.25. The van der Waals surface area contributed by atoms with Gasteiger partial charge < -0.3 is 4.90 Å². The van der Waals surface area contributed by atoms with Crippen LogP contribution in [-0.2, 0) is 10.0 Å². The van der Waals surface area contributed by atoms with Gasteiger partial charge in [-0.25, -0.2) is 8.42 Å². The zero-order chi connectivity index (χ0) is 12.3. The van der Waals surface area contributed by atoms with Crippen LogP contribution >= 0.6 is 0 Å². The maximum Gasteiger partial charge on any atom is 0.244 e. The molecule has 0 amide bonds. The maximum atomic E-state index is 12.3. The van der Waals surface area contributed by atoms with Crippen LogP contribution in [0, 0.1) is 0 Å². The van der Waals surface area contributed by atoms with E-state index in [0.717, 1.165) is 19.5 Å². The fourth-order valence-corrected chi connectivity index (χ4v) is 3.35. The average molecular weight is 255 g/mol. The van der Waals surface area contributed by atoms with E-state index in [9.17, 15) is 8.42 Å². The van der Waals surface area contributed by atoms with Crippen molar-refractivity contribution in [3.8, 4) is 0 Å². The van der Waals surface area contributed by atoms with Gasteiger partial charge in [0, 0.05) is 32.0 Å². The highest BCUT2D eigenvalue weighted by molar-refractivity contribution is 7.89. The van der Waals surface area contributed by atoms with Crippen molar-refractivity contribution < 1.29 is 8.42 Å². The summed E-state index contributed by atoms with van der Waals surface area (Å²) < 4.78 is 26.2. The van der Waals surface area contributed by atoms with Crippen molar-refractivity contribution in [2.75, 3.05) is 33.2 Å². The molecule has 0 unspecified atom stereocenters. The first-order valence-electron chi connectivity index (χ1n) is 5.69. The molecule has 0 spiro atoms. The summed E-state index contributed by atoms with van der Waals surface area (Å²) in [5, 5.41) is 0. The number of hydrogen-bond acceptors (Lipinski definition) is 4. The molecule has 0 saturated carbocycles. The molecule has 1 aromatic rings. The van der Waals surface area contributed by atoms with Crippen molar-refractivity contribution in [2.45, 2.75) is 11.3 Å². The molecule has 5 nitrogen and oxygen atoms in total. The van der Waals surface area contributed by atoms with Crippen LogP contribution in [0.5, 0.6) is 0 Å². The monoisotopic (exact) mass is 255 g/mol. The zero-order valence-electron chi connectivity index (χ0n) is 9.91. The predicted octanol–water partition coefficient (Wildman–Crippen LogP) is 0.408. The van der Waals surface area contributed by atoms with E-state index >= 15 is 0 Å². The largest absolute Gasteiger partial charge is 0.305 e. The molecule has 1 fully saturated rings. The van der Waals surface area contributed by atoms with Crippen LogP contribution < -0.4 is 0 Å². The quantitative estimate of drug-likeness (QED) is 0.768. The number of hydrogen-bond donors (Lipinski definition) is 0. The van der Waals surface area contributed by atoms with Gasteiger partial charge in [-0.1, -0.05) is 0 Å². The lowest BCUT2D eigenvalue weighted by Crippen LogP contribution is -2.34. The van der Waals surface area contributed by atoms with Crippen LogP contribution in [-0.4, -0.2) is 55.8 Å². The Morgan fingerprint density at radius 3 is 2.76 bits per heavy atom. The second kappa shape index (κ2) is 5.12. The summed E-state index contributed by atoms with van der Waals surface area (Å²) in [6, 6.07) is 3.24. The van der Waals surface area contributed by atoms with E-state index in [1.165, 1.54) is 6.20 Å². The van der Waals surface area contributed by atoms with Gasteiger partial charge in [0.05, 0.1) is 0 Å². The molecule has 2 rings (SSSR count). The SMILES string of the molecule is CN1CCCN(S(=O)(=O)c2cccnc2)CC1.